The van der Waals surface area contributed by atoms with E-state index in [2.05, 4.69) is 6.58 Å². The standard InChI is InChI=1S/C11H11FO/c1-7-10(12)5-4-9(6-11(7)13)8-2-3-8/h4-6,8,13H,1-3H2. The number of allylic oxidation sites excluding steroid dienone is 5. The first kappa shape index (κ1) is 8.30. The van der Waals surface area contributed by atoms with Crippen molar-refractivity contribution in [3.8, 4) is 0 Å². The van der Waals surface area contributed by atoms with Gasteiger partial charge in [-0.15, -0.1) is 0 Å². The van der Waals surface area contributed by atoms with E-state index in [1.54, 1.807) is 12.2 Å². The molecule has 13 heavy (non-hydrogen) atoms. The Morgan fingerprint density at radius 1 is 1.38 bits per heavy atom. The van der Waals surface area contributed by atoms with Crippen molar-refractivity contribution in [1.29, 1.82) is 0 Å². The molecule has 2 aliphatic carbocycles. The zero-order chi connectivity index (χ0) is 9.42. The Bertz CT molecular complexity index is 343. The van der Waals surface area contributed by atoms with E-state index in [1.165, 1.54) is 6.08 Å². The molecule has 1 N–H and O–H groups in total. The van der Waals surface area contributed by atoms with Gasteiger partial charge in [-0.05, 0) is 36.5 Å². The number of hydrogen-bond acceptors (Lipinski definition) is 1. The molecule has 0 bridgehead atoms. The van der Waals surface area contributed by atoms with Gasteiger partial charge in [-0.2, -0.15) is 0 Å². The SMILES string of the molecule is C=C1C(O)=CC(C2CC2)=CC=C1F. The molecular formula is C11H11FO. The average molecular weight is 178 g/mol. The van der Waals surface area contributed by atoms with Gasteiger partial charge in [-0.3, -0.25) is 0 Å². The van der Waals surface area contributed by atoms with E-state index >= 15 is 0 Å². The summed E-state index contributed by atoms with van der Waals surface area (Å²) in [7, 11) is 0. The highest BCUT2D eigenvalue weighted by atomic mass is 19.1. The first-order valence-corrected chi connectivity index (χ1v) is 4.36. The molecule has 0 aromatic carbocycles. The summed E-state index contributed by atoms with van der Waals surface area (Å²) >= 11 is 0. The lowest BCUT2D eigenvalue weighted by Gasteiger charge is -1.99. The molecule has 0 aliphatic heterocycles. The van der Waals surface area contributed by atoms with E-state index in [-0.39, 0.29) is 11.3 Å². The van der Waals surface area contributed by atoms with Crippen molar-refractivity contribution >= 4 is 0 Å². The van der Waals surface area contributed by atoms with Crippen LogP contribution in [0.4, 0.5) is 4.39 Å². The Balaban J connectivity index is 2.35. The highest BCUT2D eigenvalue weighted by Crippen LogP contribution is 2.39. The van der Waals surface area contributed by atoms with Gasteiger partial charge in [0.15, 0.2) is 0 Å². The van der Waals surface area contributed by atoms with Gasteiger partial charge >= 0.3 is 0 Å². The molecule has 0 heterocycles. The Morgan fingerprint density at radius 2 is 2.08 bits per heavy atom. The highest BCUT2D eigenvalue weighted by Gasteiger charge is 2.26. The first-order valence-electron chi connectivity index (χ1n) is 4.36. The largest absolute Gasteiger partial charge is 0.507 e. The van der Waals surface area contributed by atoms with Crippen molar-refractivity contribution in [2.75, 3.05) is 0 Å². The van der Waals surface area contributed by atoms with E-state index in [0.717, 1.165) is 18.4 Å². The minimum Gasteiger partial charge on any atom is -0.507 e. The zero-order valence-corrected chi connectivity index (χ0v) is 7.26. The summed E-state index contributed by atoms with van der Waals surface area (Å²) in [6.45, 7) is 3.46. The van der Waals surface area contributed by atoms with Crippen LogP contribution in [0.2, 0.25) is 0 Å². The minimum atomic E-state index is -0.454. The number of hydrogen-bond donors (Lipinski definition) is 1. The van der Waals surface area contributed by atoms with Crippen molar-refractivity contribution in [3.05, 3.63) is 47.5 Å². The van der Waals surface area contributed by atoms with Gasteiger partial charge in [0, 0.05) is 5.57 Å². The fourth-order valence-corrected chi connectivity index (χ4v) is 1.36. The summed E-state index contributed by atoms with van der Waals surface area (Å²) in [6, 6.07) is 0. The molecule has 0 amide bonds. The van der Waals surface area contributed by atoms with Gasteiger partial charge in [0.2, 0.25) is 0 Å². The molecule has 68 valence electrons. The third kappa shape index (κ3) is 1.57. The Morgan fingerprint density at radius 3 is 2.69 bits per heavy atom. The predicted octanol–water partition coefficient (Wildman–Crippen LogP) is 3.19. The molecule has 1 fully saturated rings. The fraction of sp³-hybridized carbons (Fsp3) is 0.273. The van der Waals surface area contributed by atoms with Crippen molar-refractivity contribution in [1.82, 2.24) is 0 Å². The normalized spacial score (nSPS) is 23.2. The second kappa shape index (κ2) is 2.87. The van der Waals surface area contributed by atoms with Gasteiger partial charge in [0.1, 0.15) is 11.6 Å². The zero-order valence-electron chi connectivity index (χ0n) is 7.26. The number of aliphatic hydroxyl groups excluding tert-OH is 1. The second-order valence-corrected chi connectivity index (χ2v) is 3.46. The van der Waals surface area contributed by atoms with E-state index < -0.39 is 5.83 Å². The van der Waals surface area contributed by atoms with Crippen molar-refractivity contribution in [2.24, 2.45) is 5.92 Å². The van der Waals surface area contributed by atoms with Crippen molar-refractivity contribution < 1.29 is 9.50 Å². The van der Waals surface area contributed by atoms with E-state index in [9.17, 15) is 9.50 Å². The summed E-state index contributed by atoms with van der Waals surface area (Å²) < 4.78 is 13.1. The van der Waals surface area contributed by atoms with Gasteiger partial charge in [-0.25, -0.2) is 4.39 Å². The summed E-state index contributed by atoms with van der Waals surface area (Å²) in [4.78, 5) is 0. The van der Waals surface area contributed by atoms with Gasteiger partial charge < -0.3 is 5.11 Å². The fourth-order valence-electron chi connectivity index (χ4n) is 1.36. The lowest BCUT2D eigenvalue weighted by molar-refractivity contribution is 0.419. The first-order chi connectivity index (χ1) is 6.18. The second-order valence-electron chi connectivity index (χ2n) is 3.46. The van der Waals surface area contributed by atoms with Crippen LogP contribution in [0.3, 0.4) is 0 Å². The van der Waals surface area contributed by atoms with Crippen LogP contribution in [0, 0.1) is 5.92 Å². The van der Waals surface area contributed by atoms with Crippen molar-refractivity contribution in [2.45, 2.75) is 12.8 Å². The topological polar surface area (TPSA) is 20.2 Å². The smallest absolute Gasteiger partial charge is 0.133 e. The number of rotatable bonds is 1. The summed E-state index contributed by atoms with van der Waals surface area (Å²) in [5.41, 5.74) is 1.08. The molecule has 2 heteroatoms. The van der Waals surface area contributed by atoms with Crippen LogP contribution < -0.4 is 0 Å². The Labute approximate surface area is 76.6 Å². The van der Waals surface area contributed by atoms with Gasteiger partial charge in [0.25, 0.3) is 0 Å². The molecule has 0 aromatic rings. The maximum absolute atomic E-state index is 13.1. The van der Waals surface area contributed by atoms with E-state index in [4.69, 9.17) is 0 Å². The maximum Gasteiger partial charge on any atom is 0.133 e. The number of aliphatic hydroxyl groups is 1. The van der Waals surface area contributed by atoms with E-state index in [0.29, 0.717) is 5.92 Å². The molecular weight excluding hydrogens is 167 g/mol. The molecule has 1 nitrogen and oxygen atoms in total. The van der Waals surface area contributed by atoms with Crippen LogP contribution in [-0.2, 0) is 0 Å². The van der Waals surface area contributed by atoms with Gasteiger partial charge in [-0.1, -0.05) is 12.7 Å². The molecule has 0 aromatic heterocycles. The van der Waals surface area contributed by atoms with Crippen LogP contribution in [0.5, 0.6) is 0 Å². The van der Waals surface area contributed by atoms with Gasteiger partial charge in [0.05, 0.1) is 0 Å². The van der Waals surface area contributed by atoms with E-state index in [1.807, 2.05) is 0 Å². The summed E-state index contributed by atoms with van der Waals surface area (Å²) in [6.07, 6.45) is 6.98. The average Bonchev–Trinajstić information content (AvgIpc) is 2.91. The highest BCUT2D eigenvalue weighted by molar-refractivity contribution is 5.47. The molecule has 0 unspecified atom stereocenters. The molecule has 2 rings (SSSR count). The Hall–Kier alpha value is -1.31. The summed E-state index contributed by atoms with van der Waals surface area (Å²) in [5, 5.41) is 9.42. The maximum atomic E-state index is 13.1. The monoisotopic (exact) mass is 178 g/mol. The molecule has 2 aliphatic rings. The molecule has 0 saturated heterocycles. The lowest BCUT2D eigenvalue weighted by Crippen LogP contribution is -1.87. The lowest BCUT2D eigenvalue weighted by atomic mass is 10.1. The summed E-state index contributed by atoms with van der Waals surface area (Å²) in [5.74, 6) is 0.00546. The minimum absolute atomic E-state index is 0.0515. The van der Waals surface area contributed by atoms with Crippen molar-refractivity contribution in [3.63, 3.8) is 0 Å². The van der Waals surface area contributed by atoms with Crippen LogP contribution >= 0.6 is 0 Å². The molecule has 0 spiro atoms. The molecule has 0 atom stereocenters. The quantitative estimate of drug-likeness (QED) is 0.653. The molecule has 1 saturated carbocycles. The third-order valence-electron chi connectivity index (χ3n) is 2.37. The van der Waals surface area contributed by atoms with Crippen LogP contribution in [0.15, 0.2) is 47.5 Å². The van der Waals surface area contributed by atoms with Crippen LogP contribution in [-0.4, -0.2) is 5.11 Å². The third-order valence-corrected chi connectivity index (χ3v) is 2.37. The molecule has 0 radical (unpaired) electrons. The number of halogens is 1. The predicted molar refractivity (Wildman–Crippen MR) is 49.8 cm³/mol. The van der Waals surface area contributed by atoms with Crippen LogP contribution in [0.1, 0.15) is 12.8 Å². The Kier molecular flexibility index (Phi) is 1.83. The van der Waals surface area contributed by atoms with Crippen LogP contribution in [0.25, 0.3) is 0 Å².